The lowest BCUT2D eigenvalue weighted by molar-refractivity contribution is 0.639. The second-order valence-corrected chi connectivity index (χ2v) is 17.6. The number of benzene rings is 6. The van der Waals surface area contributed by atoms with Gasteiger partial charge < -0.3 is 10.2 Å². The Kier molecular flexibility index (Phi) is 10.6. The van der Waals surface area contributed by atoms with E-state index in [0.29, 0.717) is 0 Å². The molecule has 5 aliphatic rings. The van der Waals surface area contributed by atoms with Gasteiger partial charge in [0.2, 0.25) is 0 Å². The minimum absolute atomic E-state index is 0.574. The molecule has 4 aliphatic carbocycles. The van der Waals surface area contributed by atoms with Crippen LogP contribution in [-0.2, 0) is 10.8 Å². The van der Waals surface area contributed by atoms with Gasteiger partial charge in [-0.05, 0) is 142 Å². The minimum atomic E-state index is -0.629. The zero-order chi connectivity index (χ0) is 44.7. The third-order valence-electron chi connectivity index (χ3n) is 14.3. The number of fused-ring (bicyclic) bond motifs is 12. The predicted molar refractivity (Wildman–Crippen MR) is 280 cm³/mol. The molecule has 2 spiro atoms. The number of allylic oxidation sites excluding steroid dienone is 17. The van der Waals surface area contributed by atoms with Gasteiger partial charge in [-0.1, -0.05) is 195 Å². The summed E-state index contributed by atoms with van der Waals surface area (Å²) in [5.74, 6) is 0. The van der Waals surface area contributed by atoms with Crippen molar-refractivity contribution in [2.45, 2.75) is 50.9 Å². The number of hydrogen-bond acceptors (Lipinski definition) is 2. The van der Waals surface area contributed by atoms with Gasteiger partial charge >= 0.3 is 0 Å². The third kappa shape index (κ3) is 6.23. The van der Waals surface area contributed by atoms with E-state index in [9.17, 15) is 0 Å². The predicted octanol–water partition coefficient (Wildman–Crippen LogP) is 16.6. The number of nitrogens with zero attached hydrogens (tertiary/aromatic N) is 1. The minimum Gasteiger partial charge on any atom is -0.361 e. The fourth-order valence-electron chi connectivity index (χ4n) is 11.8. The summed E-state index contributed by atoms with van der Waals surface area (Å²) in [5.41, 5.74) is 21.5. The van der Waals surface area contributed by atoms with Crippen LogP contribution in [0.15, 0.2) is 258 Å². The Labute approximate surface area is 390 Å². The first-order valence-electron chi connectivity index (χ1n) is 23.6. The van der Waals surface area contributed by atoms with E-state index >= 15 is 0 Å². The first-order valence-corrected chi connectivity index (χ1v) is 23.6. The molecule has 320 valence electrons. The standard InChI is InChI=1S/C64H54N2/c1-4-7-39-62(66(46-28-12-10-13-29-46)47-40-41-53-49-30-15-14-27-45(49)26-11-8-9-24-42-65-61(53)43-47)60-44-63(54-34-19-16-32-51(54)52-33-17-20-35-55(52)63)58-37-22-23-38-59(58)64(60)56(25-5-2)48(6-3)50-31-18-21-36-57(50)64/h4-5,7-17,19-30,32-44,65H,6,18,31H2,1-3H3/b7-4-,9-8-,25-5-,26-11-,42-24+,62-39+. The maximum Gasteiger partial charge on any atom is 0.0727 e. The van der Waals surface area contributed by atoms with Crippen molar-refractivity contribution in [2.75, 3.05) is 10.2 Å². The van der Waals surface area contributed by atoms with Gasteiger partial charge in [0, 0.05) is 28.8 Å². The lowest BCUT2D eigenvalue weighted by Gasteiger charge is -2.49. The van der Waals surface area contributed by atoms with E-state index in [1.54, 1.807) is 0 Å². The normalized spacial score (nSPS) is 20.2. The average Bonchev–Trinajstić information content (AvgIpc) is 3.79. The van der Waals surface area contributed by atoms with E-state index in [1.807, 2.05) is 6.20 Å². The molecular weight excluding hydrogens is 797 g/mol. The van der Waals surface area contributed by atoms with Crippen LogP contribution >= 0.6 is 0 Å². The summed E-state index contributed by atoms with van der Waals surface area (Å²) < 4.78 is 0. The molecule has 2 heteroatoms. The number of hydrogen-bond donors (Lipinski definition) is 1. The number of anilines is 3. The van der Waals surface area contributed by atoms with Crippen molar-refractivity contribution >= 4 is 23.1 Å². The molecular formula is C64H54N2. The Bertz CT molecular complexity index is 3180. The average molecular weight is 851 g/mol. The summed E-state index contributed by atoms with van der Waals surface area (Å²) in [6, 6.07) is 54.3. The fourth-order valence-corrected chi connectivity index (χ4v) is 11.8. The molecule has 1 heterocycles. The Morgan fingerprint density at radius 2 is 1.32 bits per heavy atom. The van der Waals surface area contributed by atoms with Crippen LogP contribution in [0.4, 0.5) is 17.1 Å². The van der Waals surface area contributed by atoms with Gasteiger partial charge in [0.15, 0.2) is 0 Å². The van der Waals surface area contributed by atoms with E-state index in [1.165, 1.54) is 72.4 Å². The third-order valence-corrected chi connectivity index (χ3v) is 14.3. The number of rotatable bonds is 7. The van der Waals surface area contributed by atoms with E-state index in [2.05, 4.69) is 256 Å². The van der Waals surface area contributed by atoms with Crippen molar-refractivity contribution in [3.05, 3.63) is 286 Å². The highest BCUT2D eigenvalue weighted by molar-refractivity contribution is 5.92. The lowest BCUT2D eigenvalue weighted by atomic mass is 9.53. The molecule has 0 amide bonds. The first kappa shape index (κ1) is 41.1. The molecule has 1 aliphatic heterocycles. The van der Waals surface area contributed by atoms with Gasteiger partial charge in [-0.3, -0.25) is 0 Å². The highest BCUT2D eigenvalue weighted by Gasteiger charge is 2.58. The molecule has 11 rings (SSSR count). The SMILES string of the molecule is C/C=C\C=C(/C1=CC2(c3ccccc3-c3ccccc32)c2ccccc2C12C1=C(CCC=C1)C(CC)=C2/C=C\C)N(c1ccccc1)c1ccc2c(c1)N/C=C/C=C\C=C/c1ccccc1-2. The molecule has 1 N–H and O–H groups in total. The van der Waals surface area contributed by atoms with Gasteiger partial charge in [0.25, 0.3) is 0 Å². The smallest absolute Gasteiger partial charge is 0.0727 e. The largest absolute Gasteiger partial charge is 0.361 e. The molecule has 0 radical (unpaired) electrons. The second-order valence-electron chi connectivity index (χ2n) is 17.6. The number of para-hydroxylation sites is 1. The zero-order valence-corrected chi connectivity index (χ0v) is 38.0. The van der Waals surface area contributed by atoms with Gasteiger partial charge in [0.1, 0.15) is 0 Å². The molecule has 0 aromatic heterocycles. The summed E-state index contributed by atoms with van der Waals surface area (Å²) in [5, 5.41) is 3.74. The molecule has 0 saturated heterocycles. The van der Waals surface area contributed by atoms with E-state index in [0.717, 1.165) is 47.6 Å². The van der Waals surface area contributed by atoms with E-state index in [4.69, 9.17) is 0 Å². The summed E-state index contributed by atoms with van der Waals surface area (Å²) in [6.45, 7) is 6.67. The van der Waals surface area contributed by atoms with Crippen molar-refractivity contribution in [1.82, 2.24) is 0 Å². The molecule has 1 unspecified atom stereocenters. The molecule has 0 saturated carbocycles. The number of nitrogens with one attached hydrogen (secondary N) is 1. The van der Waals surface area contributed by atoms with Crippen LogP contribution < -0.4 is 10.2 Å². The Hall–Kier alpha value is -7.68. The zero-order valence-electron chi connectivity index (χ0n) is 38.0. The quantitative estimate of drug-likeness (QED) is 0.161. The van der Waals surface area contributed by atoms with Crippen LogP contribution in [0.2, 0.25) is 0 Å². The second kappa shape index (κ2) is 17.0. The molecule has 2 nitrogen and oxygen atoms in total. The molecule has 0 fully saturated rings. The van der Waals surface area contributed by atoms with Crippen LogP contribution in [0, 0.1) is 0 Å². The highest BCUT2D eigenvalue weighted by atomic mass is 15.2. The van der Waals surface area contributed by atoms with Crippen molar-refractivity contribution in [3.63, 3.8) is 0 Å². The molecule has 6 aromatic rings. The maximum absolute atomic E-state index is 3.74. The van der Waals surface area contributed by atoms with E-state index in [-0.39, 0.29) is 0 Å². The summed E-state index contributed by atoms with van der Waals surface area (Å²) in [4.78, 5) is 2.52. The van der Waals surface area contributed by atoms with Crippen molar-refractivity contribution in [1.29, 1.82) is 0 Å². The summed E-state index contributed by atoms with van der Waals surface area (Å²) in [7, 11) is 0. The highest BCUT2D eigenvalue weighted by Crippen LogP contribution is 2.67. The lowest BCUT2D eigenvalue weighted by Crippen LogP contribution is -2.44. The van der Waals surface area contributed by atoms with Crippen LogP contribution in [0.3, 0.4) is 0 Å². The Morgan fingerprint density at radius 1 is 0.636 bits per heavy atom. The van der Waals surface area contributed by atoms with Gasteiger partial charge in [0.05, 0.1) is 16.5 Å². The summed E-state index contributed by atoms with van der Waals surface area (Å²) in [6.07, 6.45) is 34.7. The van der Waals surface area contributed by atoms with Crippen molar-refractivity contribution in [2.24, 2.45) is 0 Å². The molecule has 1 atom stereocenters. The molecule has 6 aromatic carbocycles. The summed E-state index contributed by atoms with van der Waals surface area (Å²) >= 11 is 0. The van der Waals surface area contributed by atoms with E-state index < -0.39 is 10.8 Å². The molecule has 66 heavy (non-hydrogen) atoms. The van der Waals surface area contributed by atoms with Gasteiger partial charge in [-0.2, -0.15) is 0 Å². The van der Waals surface area contributed by atoms with Crippen LogP contribution in [-0.4, -0.2) is 0 Å². The maximum atomic E-state index is 3.74. The van der Waals surface area contributed by atoms with Crippen LogP contribution in [0.1, 0.15) is 67.9 Å². The van der Waals surface area contributed by atoms with Crippen molar-refractivity contribution < 1.29 is 0 Å². The first-order chi connectivity index (χ1) is 32.6. The van der Waals surface area contributed by atoms with Gasteiger partial charge in [-0.25, -0.2) is 0 Å². The topological polar surface area (TPSA) is 15.3 Å². The van der Waals surface area contributed by atoms with Crippen molar-refractivity contribution in [3.8, 4) is 22.3 Å². The van der Waals surface area contributed by atoms with Crippen LogP contribution in [0.5, 0.6) is 0 Å². The fraction of sp³-hybridized carbons (Fsp3) is 0.125. The Balaban J connectivity index is 1.28. The van der Waals surface area contributed by atoms with Crippen LogP contribution in [0.25, 0.3) is 28.3 Å². The molecule has 0 bridgehead atoms. The Morgan fingerprint density at radius 3 is 2.06 bits per heavy atom. The monoisotopic (exact) mass is 850 g/mol. The van der Waals surface area contributed by atoms with Gasteiger partial charge in [-0.15, -0.1) is 0 Å².